The molecular formula is C10H14O2. The molecule has 0 atom stereocenters. The molecule has 0 saturated heterocycles. The molecule has 66 valence electrons. The van der Waals surface area contributed by atoms with Gasteiger partial charge in [-0.2, -0.15) is 0 Å². The Morgan fingerprint density at radius 2 is 2.17 bits per heavy atom. The number of hydrogen-bond acceptors (Lipinski definition) is 2. The first kappa shape index (κ1) is 10.7. The molecule has 0 aromatic carbocycles. The van der Waals surface area contributed by atoms with E-state index in [0.717, 1.165) is 0 Å². The van der Waals surface area contributed by atoms with Crippen LogP contribution >= 0.6 is 0 Å². The third-order valence-corrected chi connectivity index (χ3v) is 1.43. The van der Waals surface area contributed by atoms with Crippen molar-refractivity contribution in [3.63, 3.8) is 0 Å². The van der Waals surface area contributed by atoms with E-state index in [1.54, 1.807) is 26.0 Å². The van der Waals surface area contributed by atoms with Crippen LogP contribution in [0.15, 0.2) is 36.1 Å². The van der Waals surface area contributed by atoms with E-state index >= 15 is 0 Å². The first-order chi connectivity index (χ1) is 5.67. The molecule has 0 spiro atoms. The number of carbonyl (C=O) groups excluding carboxylic acids is 1. The fourth-order valence-electron chi connectivity index (χ4n) is 0.788. The van der Waals surface area contributed by atoms with Crippen LogP contribution < -0.4 is 0 Å². The summed E-state index contributed by atoms with van der Waals surface area (Å²) in [5.41, 5.74) is 0.329. The van der Waals surface area contributed by atoms with Gasteiger partial charge in [0.15, 0.2) is 5.78 Å². The number of aliphatic hydroxyl groups excluding tert-OH is 1. The Balaban J connectivity index is 4.89. The van der Waals surface area contributed by atoms with Crippen molar-refractivity contribution < 1.29 is 9.90 Å². The van der Waals surface area contributed by atoms with Gasteiger partial charge in [0, 0.05) is 6.42 Å². The third kappa shape index (κ3) is 2.74. The highest BCUT2D eigenvalue weighted by Crippen LogP contribution is 2.08. The Bertz CT molecular complexity index is 234. The van der Waals surface area contributed by atoms with Crippen molar-refractivity contribution in [2.75, 3.05) is 0 Å². The molecule has 0 aromatic rings. The summed E-state index contributed by atoms with van der Waals surface area (Å²) < 4.78 is 0. The van der Waals surface area contributed by atoms with E-state index in [1.165, 1.54) is 6.08 Å². The molecule has 0 aliphatic carbocycles. The van der Waals surface area contributed by atoms with Crippen LogP contribution in [0.4, 0.5) is 0 Å². The van der Waals surface area contributed by atoms with Crippen molar-refractivity contribution >= 4 is 5.78 Å². The van der Waals surface area contributed by atoms with Crippen LogP contribution in [0.2, 0.25) is 0 Å². The predicted octanol–water partition coefficient (Wildman–Crippen LogP) is 2.54. The van der Waals surface area contributed by atoms with Crippen molar-refractivity contribution in [3.05, 3.63) is 36.1 Å². The lowest BCUT2D eigenvalue weighted by Gasteiger charge is -2.00. The summed E-state index contributed by atoms with van der Waals surface area (Å²) in [7, 11) is 0. The van der Waals surface area contributed by atoms with Crippen molar-refractivity contribution in [1.82, 2.24) is 0 Å². The van der Waals surface area contributed by atoms with Crippen LogP contribution in [-0.2, 0) is 4.79 Å². The van der Waals surface area contributed by atoms with E-state index in [-0.39, 0.29) is 11.5 Å². The molecule has 0 bridgehead atoms. The molecule has 12 heavy (non-hydrogen) atoms. The molecular weight excluding hydrogens is 152 g/mol. The summed E-state index contributed by atoms with van der Waals surface area (Å²) in [6, 6.07) is 0. The van der Waals surface area contributed by atoms with E-state index in [0.29, 0.717) is 12.0 Å². The number of carbonyl (C=O) groups is 1. The highest BCUT2D eigenvalue weighted by Gasteiger charge is 2.06. The van der Waals surface area contributed by atoms with Crippen LogP contribution in [0.25, 0.3) is 0 Å². The van der Waals surface area contributed by atoms with Gasteiger partial charge >= 0.3 is 0 Å². The van der Waals surface area contributed by atoms with E-state index in [2.05, 4.69) is 6.58 Å². The monoisotopic (exact) mass is 166 g/mol. The van der Waals surface area contributed by atoms with Gasteiger partial charge in [0.05, 0.1) is 5.57 Å². The van der Waals surface area contributed by atoms with Gasteiger partial charge < -0.3 is 5.11 Å². The Hall–Kier alpha value is -1.31. The minimum Gasteiger partial charge on any atom is -0.512 e. The summed E-state index contributed by atoms with van der Waals surface area (Å²) in [5.74, 6) is -0.134. The first-order valence-corrected chi connectivity index (χ1v) is 3.88. The summed E-state index contributed by atoms with van der Waals surface area (Å²) in [6.07, 6.45) is 4.95. The zero-order valence-electron chi connectivity index (χ0n) is 7.50. The smallest absolute Gasteiger partial charge is 0.188 e. The average Bonchev–Trinajstić information content (AvgIpc) is 2.11. The molecule has 1 N–H and O–H groups in total. The molecule has 0 fully saturated rings. The molecule has 0 unspecified atom stereocenters. The second-order valence-corrected chi connectivity index (χ2v) is 2.28. The van der Waals surface area contributed by atoms with Gasteiger partial charge in [-0.1, -0.05) is 25.7 Å². The van der Waals surface area contributed by atoms with Crippen molar-refractivity contribution in [2.45, 2.75) is 20.3 Å². The molecule has 0 heterocycles. The summed E-state index contributed by atoms with van der Waals surface area (Å²) in [6.45, 7) is 6.93. The Kier molecular flexibility index (Phi) is 4.77. The molecule has 0 aliphatic rings. The van der Waals surface area contributed by atoms with Gasteiger partial charge in [0.25, 0.3) is 0 Å². The van der Waals surface area contributed by atoms with Gasteiger partial charge in [0.1, 0.15) is 5.76 Å². The lowest BCUT2D eigenvalue weighted by molar-refractivity contribution is -0.111. The topological polar surface area (TPSA) is 37.3 Å². The van der Waals surface area contributed by atoms with E-state index < -0.39 is 0 Å². The van der Waals surface area contributed by atoms with E-state index in [1.807, 2.05) is 0 Å². The van der Waals surface area contributed by atoms with E-state index in [9.17, 15) is 9.90 Å². The second kappa shape index (κ2) is 5.35. The van der Waals surface area contributed by atoms with Gasteiger partial charge in [-0.3, -0.25) is 4.79 Å². The maximum absolute atomic E-state index is 11.1. The van der Waals surface area contributed by atoms with Gasteiger partial charge in [0.2, 0.25) is 0 Å². The quantitative estimate of drug-likeness (QED) is 0.396. The fourth-order valence-corrected chi connectivity index (χ4v) is 0.788. The lowest BCUT2D eigenvalue weighted by Crippen LogP contribution is -1.99. The number of hydrogen-bond donors (Lipinski definition) is 1. The number of aliphatic hydroxyl groups is 1. The lowest BCUT2D eigenvalue weighted by atomic mass is 10.1. The highest BCUT2D eigenvalue weighted by atomic mass is 16.3. The fraction of sp³-hybridized carbons (Fsp3) is 0.300. The minimum atomic E-state index is -0.243. The van der Waals surface area contributed by atoms with Crippen molar-refractivity contribution in [1.29, 1.82) is 0 Å². The second-order valence-electron chi connectivity index (χ2n) is 2.28. The third-order valence-electron chi connectivity index (χ3n) is 1.43. The molecule has 0 radical (unpaired) electrons. The van der Waals surface area contributed by atoms with Crippen LogP contribution in [0.3, 0.4) is 0 Å². The molecule has 0 rings (SSSR count). The highest BCUT2D eigenvalue weighted by molar-refractivity contribution is 6.06. The number of allylic oxidation sites excluding steroid dienone is 5. The normalized spacial score (nSPS) is 12.8. The van der Waals surface area contributed by atoms with E-state index in [4.69, 9.17) is 0 Å². The standard InChI is InChI=1S/C10H14O2/c1-4-7-8(9(11)5-2)10(12)6-3/h4-5,7,12H,2,6H2,1,3H3/b7-4-,10-8-. The van der Waals surface area contributed by atoms with Crippen LogP contribution in [-0.4, -0.2) is 10.9 Å². The molecule has 2 heteroatoms. The maximum Gasteiger partial charge on any atom is 0.188 e. The first-order valence-electron chi connectivity index (χ1n) is 3.88. The summed E-state index contributed by atoms with van der Waals surface area (Å²) in [4.78, 5) is 11.1. The number of ketones is 1. The van der Waals surface area contributed by atoms with Crippen molar-refractivity contribution in [3.8, 4) is 0 Å². The molecule has 0 aliphatic heterocycles. The SMILES string of the molecule is C=CC(=O)C(/C=C\C)=C(\O)CC. The van der Waals surface area contributed by atoms with Crippen molar-refractivity contribution in [2.24, 2.45) is 0 Å². The van der Waals surface area contributed by atoms with Crippen LogP contribution in [0.1, 0.15) is 20.3 Å². The molecule has 2 nitrogen and oxygen atoms in total. The maximum atomic E-state index is 11.1. The average molecular weight is 166 g/mol. The van der Waals surface area contributed by atoms with Crippen LogP contribution in [0, 0.1) is 0 Å². The van der Waals surface area contributed by atoms with Crippen LogP contribution in [0.5, 0.6) is 0 Å². The van der Waals surface area contributed by atoms with Gasteiger partial charge in [-0.15, -0.1) is 0 Å². The zero-order chi connectivity index (χ0) is 9.56. The predicted molar refractivity (Wildman–Crippen MR) is 50.0 cm³/mol. The largest absolute Gasteiger partial charge is 0.512 e. The van der Waals surface area contributed by atoms with Gasteiger partial charge in [-0.25, -0.2) is 0 Å². The number of rotatable bonds is 4. The summed E-state index contributed by atoms with van der Waals surface area (Å²) >= 11 is 0. The Morgan fingerprint density at radius 3 is 2.50 bits per heavy atom. The Labute approximate surface area is 72.9 Å². The zero-order valence-corrected chi connectivity index (χ0v) is 7.50. The minimum absolute atomic E-state index is 0.109. The summed E-state index contributed by atoms with van der Waals surface area (Å²) in [5, 5.41) is 9.31. The molecule has 0 amide bonds. The van der Waals surface area contributed by atoms with Gasteiger partial charge in [-0.05, 0) is 13.0 Å². The molecule has 0 saturated carbocycles. The molecule has 0 aromatic heterocycles. The Morgan fingerprint density at radius 1 is 1.58 bits per heavy atom.